The molecule has 2 aromatic carbocycles. The topological polar surface area (TPSA) is 12.4 Å². The molecule has 0 bridgehead atoms. The molecule has 0 radical (unpaired) electrons. The average molecular weight is 334 g/mol. The van der Waals surface area contributed by atoms with Gasteiger partial charge in [-0.3, -0.25) is 4.99 Å². The fourth-order valence-electron chi connectivity index (χ4n) is 4.00. The van der Waals surface area contributed by atoms with Crippen LogP contribution in [-0.4, -0.2) is 17.8 Å². The van der Waals surface area contributed by atoms with Crippen LogP contribution in [0.4, 0.5) is 0 Å². The van der Waals surface area contributed by atoms with Crippen LogP contribution in [0.25, 0.3) is 16.3 Å². The quantitative estimate of drug-likeness (QED) is 0.558. The molecule has 1 atom stereocenters. The molecule has 2 heteroatoms. The van der Waals surface area contributed by atoms with Crippen molar-refractivity contribution in [2.75, 3.05) is 12.3 Å². The van der Waals surface area contributed by atoms with Crippen molar-refractivity contribution < 1.29 is 0 Å². The van der Waals surface area contributed by atoms with Crippen LogP contribution in [0.15, 0.2) is 59.1 Å². The fourth-order valence-corrected chi connectivity index (χ4v) is 4.53. The van der Waals surface area contributed by atoms with Crippen molar-refractivity contribution in [1.82, 2.24) is 0 Å². The minimum absolute atomic E-state index is 0.645. The molecule has 2 aliphatic carbocycles. The van der Waals surface area contributed by atoms with Crippen molar-refractivity contribution in [2.45, 2.75) is 32.1 Å². The van der Waals surface area contributed by atoms with Gasteiger partial charge in [0.2, 0.25) is 0 Å². The van der Waals surface area contributed by atoms with Crippen molar-refractivity contribution >= 4 is 33.7 Å². The summed E-state index contributed by atoms with van der Waals surface area (Å²) in [5.74, 6) is 1.84. The van der Waals surface area contributed by atoms with E-state index in [4.69, 9.17) is 0 Å². The molecule has 0 amide bonds. The largest absolute Gasteiger partial charge is 0.285 e. The molecule has 5 rings (SSSR count). The van der Waals surface area contributed by atoms with Crippen LogP contribution in [0, 0.1) is 0 Å². The first kappa shape index (κ1) is 15.7. The zero-order valence-corrected chi connectivity index (χ0v) is 15.0. The highest BCUT2D eigenvalue weighted by molar-refractivity contribution is 8.12. The molecule has 3 aliphatic rings. The molecule has 0 aromatic heterocycles. The van der Waals surface area contributed by atoms with E-state index in [0.717, 1.165) is 6.54 Å². The van der Waals surface area contributed by atoms with Gasteiger partial charge in [0, 0.05) is 12.3 Å². The zero-order valence-electron chi connectivity index (χ0n) is 14.2. The third-order valence-corrected chi connectivity index (χ3v) is 5.79. The molecule has 2 aromatic rings. The van der Waals surface area contributed by atoms with Gasteiger partial charge in [-0.25, -0.2) is 0 Å². The molecule has 0 spiro atoms. The number of fused-ring (bicyclic) bond motifs is 4. The summed E-state index contributed by atoms with van der Waals surface area (Å²) in [6.07, 6.45) is 8.38. The summed E-state index contributed by atoms with van der Waals surface area (Å²) in [6, 6.07) is 13.4. The SMILES string of the molecule is C1=NCCS1.CC1CC2=C(C=CCC2)c2ccc3ccccc3c21. The summed E-state index contributed by atoms with van der Waals surface area (Å²) in [5, 5.41) is 2.81. The summed E-state index contributed by atoms with van der Waals surface area (Å²) in [5.41, 5.74) is 8.11. The lowest BCUT2D eigenvalue weighted by Gasteiger charge is -2.30. The highest BCUT2D eigenvalue weighted by Crippen LogP contribution is 2.45. The van der Waals surface area contributed by atoms with Crippen molar-refractivity contribution in [1.29, 1.82) is 0 Å². The summed E-state index contributed by atoms with van der Waals surface area (Å²) < 4.78 is 0. The first-order chi connectivity index (χ1) is 11.8. The van der Waals surface area contributed by atoms with E-state index in [1.165, 1.54) is 46.9 Å². The van der Waals surface area contributed by atoms with E-state index >= 15 is 0 Å². The van der Waals surface area contributed by atoms with Crippen LogP contribution in [0.2, 0.25) is 0 Å². The normalized spacial score (nSPS) is 21.3. The maximum atomic E-state index is 3.92. The zero-order chi connectivity index (χ0) is 16.4. The monoisotopic (exact) mass is 333 g/mol. The Balaban J connectivity index is 0.000000252. The third kappa shape index (κ3) is 2.95. The molecule has 0 N–H and O–H groups in total. The molecular formula is C22H23NS. The first-order valence-electron chi connectivity index (χ1n) is 8.85. The molecule has 0 saturated carbocycles. The van der Waals surface area contributed by atoms with Crippen LogP contribution in [0.3, 0.4) is 0 Å². The number of aliphatic imine (C=N–C) groups is 1. The second-order valence-corrected chi connectivity index (χ2v) is 7.65. The minimum Gasteiger partial charge on any atom is -0.285 e. The van der Waals surface area contributed by atoms with E-state index in [-0.39, 0.29) is 0 Å². The Labute approximate surface area is 148 Å². The predicted octanol–water partition coefficient (Wildman–Crippen LogP) is 6.21. The van der Waals surface area contributed by atoms with Gasteiger partial charge in [-0.2, -0.15) is 0 Å². The van der Waals surface area contributed by atoms with Gasteiger partial charge >= 0.3 is 0 Å². The second-order valence-electron chi connectivity index (χ2n) is 6.69. The lowest BCUT2D eigenvalue weighted by Crippen LogP contribution is -2.10. The van der Waals surface area contributed by atoms with Gasteiger partial charge in [0.15, 0.2) is 0 Å². The van der Waals surface area contributed by atoms with E-state index < -0.39 is 0 Å². The number of hydrogen-bond acceptors (Lipinski definition) is 2. The third-order valence-electron chi connectivity index (χ3n) is 5.07. The smallest absolute Gasteiger partial charge is 0.0542 e. The van der Waals surface area contributed by atoms with E-state index in [0.29, 0.717) is 5.92 Å². The lowest BCUT2D eigenvalue weighted by atomic mass is 9.75. The van der Waals surface area contributed by atoms with Gasteiger partial charge in [0.05, 0.1) is 5.55 Å². The van der Waals surface area contributed by atoms with E-state index in [9.17, 15) is 0 Å². The number of thioether (sulfide) groups is 1. The van der Waals surface area contributed by atoms with Gasteiger partial charge < -0.3 is 0 Å². The van der Waals surface area contributed by atoms with Crippen LogP contribution in [0.5, 0.6) is 0 Å². The Morgan fingerprint density at radius 3 is 2.83 bits per heavy atom. The molecule has 1 aliphatic heterocycles. The Bertz CT molecular complexity index is 838. The van der Waals surface area contributed by atoms with Crippen molar-refractivity contribution in [3.8, 4) is 0 Å². The number of rotatable bonds is 0. The maximum absolute atomic E-state index is 3.92. The minimum atomic E-state index is 0.645. The fraction of sp³-hybridized carbons (Fsp3) is 0.318. The summed E-state index contributed by atoms with van der Waals surface area (Å²) in [6.45, 7) is 3.41. The molecule has 1 heterocycles. The van der Waals surface area contributed by atoms with Gasteiger partial charge in [-0.1, -0.05) is 61.0 Å². The predicted molar refractivity (Wildman–Crippen MR) is 108 cm³/mol. The van der Waals surface area contributed by atoms with Gasteiger partial charge in [-0.15, -0.1) is 11.8 Å². The van der Waals surface area contributed by atoms with Crippen LogP contribution in [-0.2, 0) is 0 Å². The Morgan fingerprint density at radius 2 is 2.04 bits per heavy atom. The van der Waals surface area contributed by atoms with E-state index in [1.54, 1.807) is 22.9 Å². The van der Waals surface area contributed by atoms with E-state index in [1.807, 2.05) is 5.55 Å². The van der Waals surface area contributed by atoms with Crippen molar-refractivity contribution in [3.63, 3.8) is 0 Å². The Kier molecular flexibility index (Phi) is 4.57. The molecular weight excluding hydrogens is 310 g/mol. The van der Waals surface area contributed by atoms with Crippen LogP contribution in [0.1, 0.15) is 43.2 Å². The molecule has 0 saturated heterocycles. The molecule has 1 nitrogen and oxygen atoms in total. The van der Waals surface area contributed by atoms with Gasteiger partial charge in [0.1, 0.15) is 0 Å². The van der Waals surface area contributed by atoms with Gasteiger partial charge in [-0.05, 0) is 52.7 Å². The maximum Gasteiger partial charge on any atom is 0.0542 e. The highest BCUT2D eigenvalue weighted by Gasteiger charge is 2.25. The summed E-state index contributed by atoms with van der Waals surface area (Å²) in [7, 11) is 0. The van der Waals surface area contributed by atoms with Crippen LogP contribution >= 0.6 is 11.8 Å². The molecule has 122 valence electrons. The first-order valence-corrected chi connectivity index (χ1v) is 9.90. The van der Waals surface area contributed by atoms with Crippen molar-refractivity contribution in [3.05, 3.63) is 65.3 Å². The molecule has 0 fully saturated rings. The summed E-state index contributed by atoms with van der Waals surface area (Å²) in [4.78, 5) is 3.92. The number of nitrogens with zero attached hydrogens (tertiary/aromatic N) is 1. The molecule has 1 unspecified atom stereocenters. The number of benzene rings is 2. The average Bonchev–Trinajstić information content (AvgIpc) is 3.21. The number of allylic oxidation sites excluding steroid dienone is 4. The summed E-state index contributed by atoms with van der Waals surface area (Å²) >= 11 is 1.78. The van der Waals surface area contributed by atoms with Crippen LogP contribution < -0.4 is 0 Å². The highest BCUT2D eigenvalue weighted by atomic mass is 32.2. The lowest BCUT2D eigenvalue weighted by molar-refractivity contribution is 0.710. The Morgan fingerprint density at radius 1 is 1.12 bits per heavy atom. The standard InChI is InChI=1S/C19H18.C3H5NS/c1-13-12-15-7-3-4-8-16(15)18-11-10-14-6-2-5-9-17(14)19(13)18;1-2-5-3-4-1/h2,4-6,8-11,13H,3,7,12H2,1H3;3H,1-2H2. The van der Waals surface area contributed by atoms with Crippen molar-refractivity contribution in [2.24, 2.45) is 4.99 Å². The molecule has 24 heavy (non-hydrogen) atoms. The number of hydrogen-bond donors (Lipinski definition) is 0. The Hall–Kier alpha value is -1.80. The van der Waals surface area contributed by atoms with Gasteiger partial charge in [0.25, 0.3) is 0 Å². The van der Waals surface area contributed by atoms with E-state index in [2.05, 4.69) is 60.5 Å². The second kappa shape index (κ2) is 6.98.